The second kappa shape index (κ2) is 7.43. The topological polar surface area (TPSA) is 56.5 Å². The van der Waals surface area contributed by atoms with E-state index in [4.69, 9.17) is 10.00 Å². The highest BCUT2D eigenvalue weighted by molar-refractivity contribution is 5.36. The smallest absolute Gasteiger partial charge is 0.166 e. The molecule has 2 aromatic rings. The molecule has 1 atom stereocenters. The van der Waals surface area contributed by atoms with Gasteiger partial charge in [0, 0.05) is 19.6 Å². The van der Waals surface area contributed by atoms with Crippen LogP contribution in [0.4, 0.5) is 4.39 Å². The van der Waals surface area contributed by atoms with Gasteiger partial charge in [0.1, 0.15) is 12.7 Å². The van der Waals surface area contributed by atoms with Crippen LogP contribution in [0, 0.1) is 17.1 Å². The van der Waals surface area contributed by atoms with Crippen molar-refractivity contribution >= 4 is 0 Å². The zero-order valence-electron chi connectivity index (χ0n) is 13.3. The number of nitriles is 1. The van der Waals surface area contributed by atoms with Gasteiger partial charge in [-0.25, -0.2) is 4.39 Å². The Morgan fingerprint density at radius 3 is 2.79 bits per heavy atom. The van der Waals surface area contributed by atoms with Crippen LogP contribution in [-0.4, -0.2) is 35.8 Å². The van der Waals surface area contributed by atoms with E-state index in [9.17, 15) is 9.50 Å². The number of nitrogens with zero attached hydrogens (tertiary/aromatic N) is 2. The highest BCUT2D eigenvalue weighted by Crippen LogP contribution is 2.20. The van der Waals surface area contributed by atoms with Gasteiger partial charge in [-0.2, -0.15) is 5.26 Å². The largest absolute Gasteiger partial charge is 0.488 e. The Hall–Kier alpha value is -2.42. The van der Waals surface area contributed by atoms with Gasteiger partial charge in [0.2, 0.25) is 0 Å². The molecular weight excluding hydrogens is 307 g/mol. The van der Waals surface area contributed by atoms with Gasteiger partial charge in [0.05, 0.1) is 11.6 Å². The molecule has 1 unspecified atom stereocenters. The number of aliphatic hydroxyl groups is 1. The number of β-amino-alcohol motifs (C(OH)–C–C–N with tert-alkyl or cyclic N) is 1. The third-order valence-corrected chi connectivity index (χ3v) is 4.17. The predicted molar refractivity (Wildman–Crippen MR) is 88.0 cm³/mol. The van der Waals surface area contributed by atoms with Gasteiger partial charge in [-0.1, -0.05) is 24.3 Å². The lowest BCUT2D eigenvalue weighted by Gasteiger charge is -2.30. The third-order valence-electron chi connectivity index (χ3n) is 4.17. The summed E-state index contributed by atoms with van der Waals surface area (Å²) in [5, 5.41) is 18.9. The Labute approximate surface area is 140 Å². The first-order valence-electron chi connectivity index (χ1n) is 7.95. The van der Waals surface area contributed by atoms with Gasteiger partial charge in [-0.15, -0.1) is 0 Å². The second-order valence-corrected chi connectivity index (χ2v) is 5.98. The summed E-state index contributed by atoms with van der Waals surface area (Å²) in [5.74, 6) is -0.537. The highest BCUT2D eigenvalue weighted by Gasteiger charge is 2.19. The minimum atomic E-state index is -0.703. The first-order valence-corrected chi connectivity index (χ1v) is 7.95. The van der Waals surface area contributed by atoms with Crippen LogP contribution in [0.1, 0.15) is 16.7 Å². The molecule has 1 aliphatic rings. The summed E-state index contributed by atoms with van der Waals surface area (Å²) in [7, 11) is 0. The maximum Gasteiger partial charge on any atom is 0.166 e. The van der Waals surface area contributed by atoms with Crippen molar-refractivity contribution in [3.8, 4) is 11.8 Å². The number of halogens is 1. The zero-order valence-corrected chi connectivity index (χ0v) is 13.3. The van der Waals surface area contributed by atoms with Gasteiger partial charge in [-0.05, 0) is 35.7 Å². The molecule has 0 radical (unpaired) electrons. The van der Waals surface area contributed by atoms with E-state index in [2.05, 4.69) is 17.0 Å². The lowest BCUT2D eigenvalue weighted by atomic mass is 10.00. The molecule has 4 nitrogen and oxygen atoms in total. The number of ether oxygens (including phenoxy) is 1. The van der Waals surface area contributed by atoms with Crippen molar-refractivity contribution in [3.05, 3.63) is 65.0 Å². The lowest BCUT2D eigenvalue weighted by molar-refractivity contribution is 0.0624. The van der Waals surface area contributed by atoms with E-state index in [0.29, 0.717) is 6.54 Å². The molecule has 0 saturated carbocycles. The van der Waals surface area contributed by atoms with Crippen LogP contribution in [0.25, 0.3) is 0 Å². The maximum absolute atomic E-state index is 13.7. The lowest BCUT2D eigenvalue weighted by Crippen LogP contribution is -2.38. The normalized spacial score (nSPS) is 15.4. The van der Waals surface area contributed by atoms with Crippen LogP contribution in [-0.2, 0) is 13.0 Å². The van der Waals surface area contributed by atoms with Crippen molar-refractivity contribution in [2.24, 2.45) is 0 Å². The van der Waals surface area contributed by atoms with E-state index in [-0.39, 0.29) is 17.9 Å². The molecule has 0 amide bonds. The van der Waals surface area contributed by atoms with E-state index < -0.39 is 11.9 Å². The molecule has 0 fully saturated rings. The molecule has 2 aromatic carbocycles. The molecule has 0 saturated heterocycles. The molecule has 124 valence electrons. The second-order valence-electron chi connectivity index (χ2n) is 5.98. The number of aliphatic hydroxyl groups excluding tert-OH is 1. The van der Waals surface area contributed by atoms with Crippen molar-refractivity contribution in [3.63, 3.8) is 0 Å². The van der Waals surface area contributed by atoms with Crippen LogP contribution in [0.2, 0.25) is 0 Å². The fourth-order valence-corrected chi connectivity index (χ4v) is 2.93. The minimum Gasteiger partial charge on any atom is -0.488 e. The standard InChI is InChI=1S/C19H19FN2O2/c20-18-9-14(10-21)5-6-19(18)24-13-17(23)12-22-8-7-15-3-1-2-4-16(15)11-22/h1-6,9,17,23H,7-8,11-13H2. The Morgan fingerprint density at radius 2 is 2.04 bits per heavy atom. The molecule has 1 aliphatic heterocycles. The molecule has 1 N–H and O–H groups in total. The summed E-state index contributed by atoms with van der Waals surface area (Å²) < 4.78 is 19.1. The fraction of sp³-hybridized carbons (Fsp3) is 0.316. The molecule has 5 heteroatoms. The molecule has 3 rings (SSSR count). The van der Waals surface area contributed by atoms with Crippen LogP contribution < -0.4 is 4.74 Å². The van der Waals surface area contributed by atoms with Gasteiger partial charge < -0.3 is 9.84 Å². The molecule has 1 heterocycles. The predicted octanol–water partition coefficient (Wildman–Crippen LogP) is 2.50. The summed E-state index contributed by atoms with van der Waals surface area (Å²) >= 11 is 0. The van der Waals surface area contributed by atoms with E-state index >= 15 is 0 Å². The molecule has 24 heavy (non-hydrogen) atoms. The first kappa shape index (κ1) is 16.4. The average molecular weight is 326 g/mol. The van der Waals surface area contributed by atoms with Crippen molar-refractivity contribution in [2.75, 3.05) is 19.7 Å². The van der Waals surface area contributed by atoms with Gasteiger partial charge in [-0.3, -0.25) is 4.90 Å². The van der Waals surface area contributed by atoms with Crippen molar-refractivity contribution in [1.82, 2.24) is 4.90 Å². The Balaban J connectivity index is 1.52. The number of benzene rings is 2. The van der Waals surface area contributed by atoms with Gasteiger partial charge in [0.15, 0.2) is 11.6 Å². The summed E-state index contributed by atoms with van der Waals surface area (Å²) in [4.78, 5) is 2.17. The zero-order chi connectivity index (χ0) is 16.9. The molecular formula is C19H19FN2O2. The van der Waals surface area contributed by atoms with Gasteiger partial charge >= 0.3 is 0 Å². The first-order chi connectivity index (χ1) is 11.7. The van der Waals surface area contributed by atoms with Gasteiger partial charge in [0.25, 0.3) is 0 Å². The summed E-state index contributed by atoms with van der Waals surface area (Å²) in [6.07, 6.45) is 0.263. The quantitative estimate of drug-likeness (QED) is 0.917. The van der Waals surface area contributed by atoms with E-state index in [1.54, 1.807) is 0 Å². The fourth-order valence-electron chi connectivity index (χ4n) is 2.93. The molecule has 0 spiro atoms. The monoisotopic (exact) mass is 326 g/mol. The Bertz CT molecular complexity index is 757. The number of hydrogen-bond donors (Lipinski definition) is 1. The summed E-state index contributed by atoms with van der Waals surface area (Å²) in [5.41, 5.74) is 2.89. The molecule has 0 aliphatic carbocycles. The third kappa shape index (κ3) is 3.91. The van der Waals surface area contributed by atoms with Crippen LogP contribution in [0.15, 0.2) is 42.5 Å². The van der Waals surface area contributed by atoms with Crippen molar-refractivity contribution in [2.45, 2.75) is 19.1 Å². The van der Waals surface area contributed by atoms with E-state index in [0.717, 1.165) is 25.6 Å². The molecule has 0 aromatic heterocycles. The number of fused-ring (bicyclic) bond motifs is 1. The van der Waals surface area contributed by atoms with Crippen LogP contribution in [0.3, 0.4) is 0 Å². The van der Waals surface area contributed by atoms with Crippen molar-refractivity contribution in [1.29, 1.82) is 5.26 Å². The van der Waals surface area contributed by atoms with Crippen LogP contribution >= 0.6 is 0 Å². The van der Waals surface area contributed by atoms with E-state index in [1.807, 2.05) is 18.2 Å². The van der Waals surface area contributed by atoms with Crippen LogP contribution in [0.5, 0.6) is 5.75 Å². The number of rotatable bonds is 5. The SMILES string of the molecule is N#Cc1ccc(OCC(O)CN2CCc3ccccc3C2)c(F)c1. The average Bonchev–Trinajstić information content (AvgIpc) is 2.60. The maximum atomic E-state index is 13.7. The Morgan fingerprint density at radius 1 is 1.25 bits per heavy atom. The summed E-state index contributed by atoms with van der Waals surface area (Å²) in [6, 6.07) is 14.2. The van der Waals surface area contributed by atoms with E-state index in [1.165, 1.54) is 23.3 Å². The Kier molecular flexibility index (Phi) is 5.09. The molecule has 0 bridgehead atoms. The summed E-state index contributed by atoms with van der Waals surface area (Å²) in [6.45, 7) is 2.19. The van der Waals surface area contributed by atoms with Crippen molar-refractivity contribution < 1.29 is 14.2 Å². The highest BCUT2D eigenvalue weighted by atomic mass is 19.1. The minimum absolute atomic E-state index is 0.0148. The number of hydrogen-bond acceptors (Lipinski definition) is 4.